The average molecular weight is 239 g/mol. The van der Waals surface area contributed by atoms with Crippen LogP contribution in [0.15, 0.2) is 0 Å². The van der Waals surface area contributed by atoms with Gasteiger partial charge in [-0.1, -0.05) is 46.5 Å². The highest BCUT2D eigenvalue weighted by Crippen LogP contribution is 2.40. The van der Waals surface area contributed by atoms with Crippen molar-refractivity contribution in [3.8, 4) is 0 Å². The Morgan fingerprint density at radius 2 is 1.94 bits per heavy atom. The normalized spacial score (nSPS) is 32.6. The lowest BCUT2D eigenvalue weighted by Gasteiger charge is -2.35. The van der Waals surface area contributed by atoms with Gasteiger partial charge in [0.05, 0.1) is 6.04 Å². The molecule has 0 aromatic heterocycles. The van der Waals surface area contributed by atoms with E-state index in [9.17, 15) is 0 Å². The molecule has 0 spiro atoms. The van der Waals surface area contributed by atoms with Gasteiger partial charge in [-0.15, -0.1) is 0 Å². The summed E-state index contributed by atoms with van der Waals surface area (Å²) in [5, 5.41) is 0. The molecule has 1 saturated carbocycles. The van der Waals surface area contributed by atoms with Crippen molar-refractivity contribution in [2.24, 2.45) is 23.7 Å². The first-order valence-electron chi connectivity index (χ1n) is 7.50. The van der Waals surface area contributed by atoms with Crippen molar-refractivity contribution >= 4 is 10.2 Å². The Hall–Kier alpha value is 0.217. The molecule has 16 heavy (non-hydrogen) atoms. The molecule has 4 atom stereocenters. The topological polar surface area (TPSA) is 0 Å². The molecular formula is C15H31Si+. The first-order chi connectivity index (χ1) is 7.71. The van der Waals surface area contributed by atoms with Crippen molar-refractivity contribution in [3.05, 3.63) is 0 Å². The van der Waals surface area contributed by atoms with Gasteiger partial charge in [-0.2, -0.15) is 0 Å². The third kappa shape index (κ3) is 4.23. The molecule has 0 N–H and O–H groups in total. The first-order valence-corrected chi connectivity index (χ1v) is 8.50. The smallest absolute Gasteiger partial charge is 0.0654 e. The van der Waals surface area contributed by atoms with Crippen LogP contribution < -0.4 is 0 Å². The zero-order valence-corrected chi connectivity index (χ0v) is 13.1. The third-order valence-electron chi connectivity index (χ3n) is 4.68. The predicted octanol–water partition coefficient (Wildman–Crippen LogP) is 4.31. The summed E-state index contributed by atoms with van der Waals surface area (Å²) >= 11 is 0. The molecule has 4 unspecified atom stereocenters. The largest absolute Gasteiger partial charge is 0.283 e. The van der Waals surface area contributed by atoms with Gasteiger partial charge in [0.25, 0.3) is 10.2 Å². The molecule has 0 saturated heterocycles. The summed E-state index contributed by atoms with van der Waals surface area (Å²) in [7, 11) is 2.21. The van der Waals surface area contributed by atoms with Crippen molar-refractivity contribution in [1.82, 2.24) is 0 Å². The minimum atomic E-state index is 0.963. The fourth-order valence-corrected chi connectivity index (χ4v) is 4.29. The lowest BCUT2D eigenvalue weighted by molar-refractivity contribution is 0.162. The van der Waals surface area contributed by atoms with Crippen molar-refractivity contribution in [1.29, 1.82) is 0 Å². The second-order valence-electron chi connectivity index (χ2n) is 6.03. The van der Waals surface area contributed by atoms with Crippen LogP contribution in [0.3, 0.4) is 0 Å². The molecule has 1 fully saturated rings. The zero-order chi connectivity index (χ0) is 12.0. The van der Waals surface area contributed by atoms with Gasteiger partial charge < -0.3 is 0 Å². The highest BCUT2D eigenvalue weighted by Gasteiger charge is 2.30. The second kappa shape index (κ2) is 7.52. The summed E-state index contributed by atoms with van der Waals surface area (Å²) in [6.07, 6.45) is 10.3. The van der Waals surface area contributed by atoms with Gasteiger partial charge in [0.1, 0.15) is 0 Å². The van der Waals surface area contributed by atoms with Gasteiger partial charge in [-0.25, -0.2) is 0 Å². The molecule has 1 aliphatic rings. The van der Waals surface area contributed by atoms with Crippen LogP contribution in [0.25, 0.3) is 0 Å². The Bertz CT molecular complexity index is 178. The lowest BCUT2D eigenvalue weighted by Crippen LogP contribution is -2.26. The van der Waals surface area contributed by atoms with Crippen LogP contribution in [0.5, 0.6) is 0 Å². The SMILES string of the molecule is CCCC(C)CC1CCC(CC)CC1C[SiH2+]. The van der Waals surface area contributed by atoms with Crippen molar-refractivity contribution in [2.45, 2.75) is 71.8 Å². The second-order valence-corrected chi connectivity index (χ2v) is 6.60. The molecule has 0 heterocycles. The van der Waals surface area contributed by atoms with Gasteiger partial charge >= 0.3 is 0 Å². The molecule has 1 aliphatic carbocycles. The van der Waals surface area contributed by atoms with Crippen LogP contribution in [0.4, 0.5) is 0 Å². The van der Waals surface area contributed by atoms with Crippen LogP contribution in [0.1, 0.15) is 65.7 Å². The quantitative estimate of drug-likeness (QED) is 0.606. The summed E-state index contributed by atoms with van der Waals surface area (Å²) in [4.78, 5) is 0. The molecule has 1 rings (SSSR count). The molecule has 0 radical (unpaired) electrons. The Morgan fingerprint density at radius 1 is 1.19 bits per heavy atom. The van der Waals surface area contributed by atoms with E-state index in [4.69, 9.17) is 0 Å². The first kappa shape index (κ1) is 14.3. The lowest BCUT2D eigenvalue weighted by atomic mass is 9.71. The molecule has 0 aromatic rings. The minimum Gasteiger partial charge on any atom is -0.0654 e. The van der Waals surface area contributed by atoms with Crippen LogP contribution in [-0.4, -0.2) is 10.2 Å². The summed E-state index contributed by atoms with van der Waals surface area (Å²) in [5.74, 6) is 4.12. The molecule has 94 valence electrons. The van der Waals surface area contributed by atoms with Gasteiger partial charge in [0.15, 0.2) is 0 Å². The Balaban J connectivity index is 2.40. The van der Waals surface area contributed by atoms with E-state index in [1.54, 1.807) is 0 Å². The van der Waals surface area contributed by atoms with Crippen LogP contribution >= 0.6 is 0 Å². The van der Waals surface area contributed by atoms with E-state index in [1.165, 1.54) is 51.0 Å². The van der Waals surface area contributed by atoms with Crippen molar-refractivity contribution < 1.29 is 0 Å². The molecular weight excluding hydrogens is 208 g/mol. The van der Waals surface area contributed by atoms with Gasteiger partial charge in [0.2, 0.25) is 0 Å². The van der Waals surface area contributed by atoms with Gasteiger partial charge in [-0.05, 0) is 42.9 Å². The van der Waals surface area contributed by atoms with Crippen LogP contribution in [0.2, 0.25) is 6.04 Å². The van der Waals surface area contributed by atoms with E-state index in [0.717, 1.165) is 23.7 Å². The fraction of sp³-hybridized carbons (Fsp3) is 1.00. The maximum absolute atomic E-state index is 2.46. The van der Waals surface area contributed by atoms with E-state index in [2.05, 4.69) is 31.0 Å². The summed E-state index contributed by atoms with van der Waals surface area (Å²) < 4.78 is 0. The molecule has 1 heteroatoms. The monoisotopic (exact) mass is 239 g/mol. The maximum atomic E-state index is 2.46. The molecule has 0 nitrogen and oxygen atoms in total. The highest BCUT2D eigenvalue weighted by molar-refractivity contribution is 6.08. The molecule has 0 aromatic carbocycles. The van der Waals surface area contributed by atoms with E-state index in [0.29, 0.717) is 0 Å². The zero-order valence-electron chi connectivity index (χ0n) is 11.7. The fourth-order valence-electron chi connectivity index (χ4n) is 3.59. The maximum Gasteiger partial charge on any atom is 0.283 e. The van der Waals surface area contributed by atoms with Gasteiger partial charge in [0, 0.05) is 0 Å². The Morgan fingerprint density at radius 3 is 2.50 bits per heavy atom. The highest BCUT2D eigenvalue weighted by atomic mass is 28.1. The minimum absolute atomic E-state index is 0.963. The Kier molecular flexibility index (Phi) is 6.72. The number of hydrogen-bond donors (Lipinski definition) is 0. The number of hydrogen-bond acceptors (Lipinski definition) is 0. The van der Waals surface area contributed by atoms with E-state index in [1.807, 2.05) is 0 Å². The molecule has 0 bridgehead atoms. The number of rotatable bonds is 6. The Labute approximate surface area is 106 Å². The summed E-state index contributed by atoms with van der Waals surface area (Å²) in [6.45, 7) is 7.16. The van der Waals surface area contributed by atoms with E-state index >= 15 is 0 Å². The average Bonchev–Trinajstić information content (AvgIpc) is 2.30. The standard InChI is InChI=1S/C15H31Si/c1-4-6-12(3)9-14-8-7-13(5-2)10-15(14)11-16/h12-15H,4-11,16H2,1-3H3/q+1. The predicted molar refractivity (Wildman–Crippen MR) is 76.7 cm³/mol. The van der Waals surface area contributed by atoms with Gasteiger partial charge in [-0.3, -0.25) is 0 Å². The summed E-state index contributed by atoms with van der Waals surface area (Å²) in [5.41, 5.74) is 0. The van der Waals surface area contributed by atoms with Crippen LogP contribution in [-0.2, 0) is 0 Å². The third-order valence-corrected chi connectivity index (χ3v) is 5.42. The van der Waals surface area contributed by atoms with Crippen molar-refractivity contribution in [2.75, 3.05) is 0 Å². The van der Waals surface area contributed by atoms with E-state index < -0.39 is 0 Å². The van der Waals surface area contributed by atoms with Crippen LogP contribution in [0, 0.1) is 23.7 Å². The summed E-state index contributed by atoms with van der Waals surface area (Å²) in [6, 6.07) is 1.44. The van der Waals surface area contributed by atoms with E-state index in [-0.39, 0.29) is 0 Å². The van der Waals surface area contributed by atoms with Crippen molar-refractivity contribution in [3.63, 3.8) is 0 Å². The molecule has 0 aliphatic heterocycles. The molecule has 0 amide bonds.